The van der Waals surface area contributed by atoms with Crippen molar-refractivity contribution in [2.45, 2.75) is 6.54 Å². The van der Waals surface area contributed by atoms with E-state index in [0.29, 0.717) is 17.3 Å². The number of halogens is 1. The first-order valence-corrected chi connectivity index (χ1v) is 5.40. The number of benzene rings is 1. The van der Waals surface area contributed by atoms with E-state index in [1.807, 2.05) is 0 Å². The zero-order valence-electron chi connectivity index (χ0n) is 7.94. The Labute approximate surface area is 98.2 Å². The molecule has 0 amide bonds. The fourth-order valence-corrected chi connectivity index (χ4v) is 1.45. The summed E-state index contributed by atoms with van der Waals surface area (Å²) in [4.78, 5) is 10.1. The molecule has 0 aliphatic rings. The summed E-state index contributed by atoms with van der Waals surface area (Å²) in [5, 5.41) is 14.1. The van der Waals surface area contributed by atoms with Crippen molar-refractivity contribution in [3.8, 4) is 0 Å². The summed E-state index contributed by atoms with van der Waals surface area (Å²) in [6.07, 6.45) is 0. The van der Waals surface area contributed by atoms with Gasteiger partial charge in [-0.3, -0.25) is 10.1 Å². The SMILES string of the molecule is O=[N+]([O-])c1ccc(Cl)c(CNCCS)c1. The second-order valence-corrected chi connectivity index (χ2v) is 3.79. The first kappa shape index (κ1) is 12.3. The van der Waals surface area contributed by atoms with Gasteiger partial charge in [0.15, 0.2) is 0 Å². The molecule has 0 fully saturated rings. The van der Waals surface area contributed by atoms with Crippen molar-refractivity contribution >= 4 is 29.9 Å². The highest BCUT2D eigenvalue weighted by Crippen LogP contribution is 2.21. The standard InChI is InChI=1S/C9H11ClN2O2S/c10-9-2-1-8(12(13)14)5-7(9)6-11-3-4-15/h1-2,5,11,15H,3-4,6H2. The number of nitro benzene ring substituents is 1. The second-order valence-electron chi connectivity index (χ2n) is 2.93. The zero-order chi connectivity index (χ0) is 11.3. The van der Waals surface area contributed by atoms with Crippen LogP contribution in [0.15, 0.2) is 18.2 Å². The fraction of sp³-hybridized carbons (Fsp3) is 0.333. The molecule has 6 heteroatoms. The number of thiol groups is 1. The van der Waals surface area contributed by atoms with Crippen molar-refractivity contribution in [2.75, 3.05) is 12.3 Å². The van der Waals surface area contributed by atoms with Crippen molar-refractivity contribution in [1.82, 2.24) is 5.32 Å². The van der Waals surface area contributed by atoms with Crippen LogP contribution in [0.5, 0.6) is 0 Å². The summed E-state index contributed by atoms with van der Waals surface area (Å²) in [7, 11) is 0. The van der Waals surface area contributed by atoms with Gasteiger partial charge in [-0.05, 0) is 11.6 Å². The Hall–Kier alpha value is -0.780. The summed E-state index contributed by atoms with van der Waals surface area (Å²) in [6.45, 7) is 1.25. The quantitative estimate of drug-likeness (QED) is 0.363. The van der Waals surface area contributed by atoms with Gasteiger partial charge in [0.25, 0.3) is 5.69 Å². The summed E-state index contributed by atoms with van der Waals surface area (Å²) in [6, 6.07) is 4.41. The molecule has 0 unspecified atom stereocenters. The third kappa shape index (κ3) is 3.70. The van der Waals surface area contributed by atoms with E-state index < -0.39 is 4.92 Å². The second kappa shape index (κ2) is 5.95. The van der Waals surface area contributed by atoms with Crippen molar-refractivity contribution in [2.24, 2.45) is 0 Å². The van der Waals surface area contributed by atoms with Crippen LogP contribution in [0.4, 0.5) is 5.69 Å². The Balaban J connectivity index is 2.76. The van der Waals surface area contributed by atoms with Gasteiger partial charge in [0.1, 0.15) is 0 Å². The zero-order valence-corrected chi connectivity index (χ0v) is 9.59. The lowest BCUT2D eigenvalue weighted by Crippen LogP contribution is -2.16. The van der Waals surface area contributed by atoms with Crippen molar-refractivity contribution in [3.63, 3.8) is 0 Å². The molecule has 1 rings (SSSR count). The van der Waals surface area contributed by atoms with Crippen LogP contribution in [0.3, 0.4) is 0 Å². The van der Waals surface area contributed by atoms with E-state index >= 15 is 0 Å². The van der Waals surface area contributed by atoms with Gasteiger partial charge in [0.2, 0.25) is 0 Å². The Bertz CT molecular complexity index is 360. The number of nitrogens with one attached hydrogen (secondary N) is 1. The van der Waals surface area contributed by atoms with Gasteiger partial charge in [-0.1, -0.05) is 11.6 Å². The van der Waals surface area contributed by atoms with E-state index in [-0.39, 0.29) is 5.69 Å². The predicted octanol–water partition coefficient (Wildman–Crippen LogP) is 2.27. The molecule has 1 N–H and O–H groups in total. The maximum absolute atomic E-state index is 10.5. The normalized spacial score (nSPS) is 10.3. The van der Waals surface area contributed by atoms with Crippen LogP contribution in [-0.2, 0) is 6.54 Å². The average molecular weight is 247 g/mol. The van der Waals surface area contributed by atoms with Crippen molar-refractivity contribution < 1.29 is 4.92 Å². The van der Waals surface area contributed by atoms with Crippen LogP contribution in [0.25, 0.3) is 0 Å². The summed E-state index contributed by atoms with van der Waals surface area (Å²) < 4.78 is 0. The molecule has 1 aromatic carbocycles. The lowest BCUT2D eigenvalue weighted by Gasteiger charge is -2.05. The number of nitro groups is 1. The number of hydrogen-bond donors (Lipinski definition) is 2. The van der Waals surface area contributed by atoms with Crippen LogP contribution in [0.1, 0.15) is 5.56 Å². The maximum Gasteiger partial charge on any atom is 0.269 e. The third-order valence-corrected chi connectivity index (χ3v) is 2.44. The highest BCUT2D eigenvalue weighted by molar-refractivity contribution is 7.80. The fourth-order valence-electron chi connectivity index (χ4n) is 1.11. The van der Waals surface area contributed by atoms with Gasteiger partial charge in [-0.2, -0.15) is 12.6 Å². The first-order valence-electron chi connectivity index (χ1n) is 4.39. The molecule has 0 saturated carbocycles. The predicted molar refractivity (Wildman–Crippen MR) is 63.7 cm³/mol. The van der Waals surface area contributed by atoms with Crippen LogP contribution < -0.4 is 5.32 Å². The van der Waals surface area contributed by atoms with E-state index in [0.717, 1.165) is 12.1 Å². The highest BCUT2D eigenvalue weighted by Gasteiger charge is 2.08. The Morgan fingerprint density at radius 2 is 2.27 bits per heavy atom. The molecule has 0 saturated heterocycles. The van der Waals surface area contributed by atoms with Gasteiger partial charge in [0, 0.05) is 36.0 Å². The van der Waals surface area contributed by atoms with Gasteiger partial charge in [-0.15, -0.1) is 0 Å². The summed E-state index contributed by atoms with van der Waals surface area (Å²) in [5.41, 5.74) is 0.787. The van der Waals surface area contributed by atoms with Crippen LogP contribution >= 0.6 is 24.2 Å². The molecule has 0 spiro atoms. The van der Waals surface area contributed by atoms with Gasteiger partial charge in [0.05, 0.1) is 4.92 Å². The molecular weight excluding hydrogens is 236 g/mol. The minimum absolute atomic E-state index is 0.0575. The van der Waals surface area contributed by atoms with Crippen LogP contribution in [-0.4, -0.2) is 17.2 Å². The van der Waals surface area contributed by atoms with E-state index in [9.17, 15) is 10.1 Å². The Morgan fingerprint density at radius 3 is 2.87 bits per heavy atom. The minimum Gasteiger partial charge on any atom is -0.312 e. The monoisotopic (exact) mass is 246 g/mol. The minimum atomic E-state index is -0.432. The van der Waals surface area contributed by atoms with Gasteiger partial charge in [-0.25, -0.2) is 0 Å². The van der Waals surface area contributed by atoms with E-state index in [4.69, 9.17) is 11.6 Å². The van der Waals surface area contributed by atoms with Crippen LogP contribution in [0.2, 0.25) is 5.02 Å². The Kier molecular flexibility index (Phi) is 4.87. The van der Waals surface area contributed by atoms with Crippen LogP contribution in [0, 0.1) is 10.1 Å². The molecule has 0 aliphatic heterocycles. The lowest BCUT2D eigenvalue weighted by atomic mass is 10.2. The van der Waals surface area contributed by atoms with Gasteiger partial charge >= 0.3 is 0 Å². The molecule has 0 radical (unpaired) electrons. The molecule has 0 aliphatic carbocycles. The molecule has 0 atom stereocenters. The molecule has 0 heterocycles. The van der Waals surface area contributed by atoms with Crippen molar-refractivity contribution in [3.05, 3.63) is 38.9 Å². The summed E-state index contributed by atoms with van der Waals surface area (Å²) >= 11 is 9.94. The molecule has 0 aromatic heterocycles. The number of non-ortho nitro benzene ring substituents is 1. The summed E-state index contributed by atoms with van der Waals surface area (Å²) in [5.74, 6) is 0.715. The molecule has 0 bridgehead atoms. The smallest absolute Gasteiger partial charge is 0.269 e. The molecule has 15 heavy (non-hydrogen) atoms. The first-order chi connectivity index (χ1) is 7.15. The van der Waals surface area contributed by atoms with E-state index in [1.165, 1.54) is 18.2 Å². The topological polar surface area (TPSA) is 55.2 Å². The van der Waals surface area contributed by atoms with Crippen molar-refractivity contribution in [1.29, 1.82) is 0 Å². The average Bonchev–Trinajstić information content (AvgIpc) is 2.20. The molecule has 82 valence electrons. The van der Waals surface area contributed by atoms with E-state index in [1.54, 1.807) is 0 Å². The maximum atomic E-state index is 10.5. The number of nitrogens with zero attached hydrogens (tertiary/aromatic N) is 1. The Morgan fingerprint density at radius 1 is 1.53 bits per heavy atom. The third-order valence-electron chi connectivity index (χ3n) is 1.84. The molecule has 4 nitrogen and oxygen atoms in total. The van der Waals surface area contributed by atoms with Gasteiger partial charge < -0.3 is 5.32 Å². The number of hydrogen-bond acceptors (Lipinski definition) is 4. The highest BCUT2D eigenvalue weighted by atomic mass is 35.5. The largest absolute Gasteiger partial charge is 0.312 e. The van der Waals surface area contributed by atoms with E-state index in [2.05, 4.69) is 17.9 Å². The molecule has 1 aromatic rings. The molecular formula is C9H11ClN2O2S. The lowest BCUT2D eigenvalue weighted by molar-refractivity contribution is -0.384. The number of rotatable bonds is 5.